The van der Waals surface area contributed by atoms with Crippen LogP contribution in [0.15, 0.2) is 67.0 Å². The number of nitrogens with zero attached hydrogens (tertiary/aromatic N) is 3. The van der Waals surface area contributed by atoms with Gasteiger partial charge in [-0.2, -0.15) is 0 Å². The van der Waals surface area contributed by atoms with E-state index in [-0.39, 0.29) is 11.8 Å². The number of amides is 1. The third-order valence-electron chi connectivity index (χ3n) is 5.36. The molecule has 0 unspecified atom stereocenters. The minimum Gasteiger partial charge on any atom is -0.342 e. The number of carbonyl (C=O) groups excluding carboxylic acids is 1. The quantitative estimate of drug-likeness (QED) is 0.683. The highest BCUT2D eigenvalue weighted by atomic mass is 16.2. The first-order valence-electron chi connectivity index (χ1n) is 9.90. The molecule has 1 atom stereocenters. The third-order valence-corrected chi connectivity index (χ3v) is 5.36. The van der Waals surface area contributed by atoms with Gasteiger partial charge in [-0.05, 0) is 31.4 Å². The molecule has 0 aliphatic carbocycles. The molecule has 0 bridgehead atoms. The van der Waals surface area contributed by atoms with Gasteiger partial charge in [-0.1, -0.05) is 54.1 Å². The molecule has 0 radical (unpaired) electrons. The van der Waals surface area contributed by atoms with Gasteiger partial charge >= 0.3 is 0 Å². The van der Waals surface area contributed by atoms with E-state index >= 15 is 0 Å². The van der Waals surface area contributed by atoms with Crippen LogP contribution in [0.5, 0.6) is 0 Å². The molecule has 4 nitrogen and oxygen atoms in total. The van der Waals surface area contributed by atoms with Gasteiger partial charge in [0.1, 0.15) is 0 Å². The van der Waals surface area contributed by atoms with Crippen LogP contribution in [-0.2, 0) is 11.2 Å². The van der Waals surface area contributed by atoms with Crippen LogP contribution in [0.25, 0.3) is 11.3 Å². The van der Waals surface area contributed by atoms with Crippen molar-refractivity contribution in [3.63, 3.8) is 0 Å². The Hall–Kier alpha value is -3.01. The Morgan fingerprint density at radius 1 is 1.11 bits per heavy atom. The van der Waals surface area contributed by atoms with Crippen molar-refractivity contribution in [2.24, 2.45) is 0 Å². The number of likely N-dealkylation sites (tertiary alicyclic amines) is 1. The highest BCUT2D eigenvalue weighted by Crippen LogP contribution is 2.27. The zero-order valence-electron chi connectivity index (χ0n) is 16.2. The van der Waals surface area contributed by atoms with Gasteiger partial charge in [-0.3, -0.25) is 9.78 Å². The van der Waals surface area contributed by atoms with E-state index in [0.29, 0.717) is 6.42 Å². The maximum absolute atomic E-state index is 12.8. The Morgan fingerprint density at radius 2 is 1.96 bits per heavy atom. The maximum Gasteiger partial charge on any atom is 0.227 e. The summed E-state index contributed by atoms with van der Waals surface area (Å²) in [5.41, 5.74) is 5.24. The first kappa shape index (κ1) is 18.4. The summed E-state index contributed by atoms with van der Waals surface area (Å²) in [5, 5.41) is 0. The lowest BCUT2D eigenvalue weighted by Gasteiger charge is -2.32. The lowest BCUT2D eigenvalue weighted by atomic mass is 9.94. The van der Waals surface area contributed by atoms with E-state index < -0.39 is 0 Å². The molecule has 0 saturated carbocycles. The molecule has 0 spiro atoms. The van der Waals surface area contributed by atoms with Crippen molar-refractivity contribution >= 4 is 5.91 Å². The minimum absolute atomic E-state index is 0.193. The molecule has 2 aromatic carbocycles. The summed E-state index contributed by atoms with van der Waals surface area (Å²) >= 11 is 0. The van der Waals surface area contributed by atoms with Crippen molar-refractivity contribution < 1.29 is 4.79 Å². The number of hydrogen-bond acceptors (Lipinski definition) is 3. The van der Waals surface area contributed by atoms with Gasteiger partial charge in [-0.15, -0.1) is 0 Å². The second-order valence-electron chi connectivity index (χ2n) is 7.54. The van der Waals surface area contributed by atoms with Crippen molar-refractivity contribution in [2.45, 2.75) is 32.1 Å². The predicted molar refractivity (Wildman–Crippen MR) is 111 cm³/mol. The highest BCUT2D eigenvalue weighted by Gasteiger charge is 2.26. The number of rotatable bonds is 4. The van der Waals surface area contributed by atoms with Crippen molar-refractivity contribution in [3.8, 4) is 11.3 Å². The van der Waals surface area contributed by atoms with Gasteiger partial charge in [0, 0.05) is 30.8 Å². The molecule has 0 N–H and O–H groups in total. The van der Waals surface area contributed by atoms with E-state index in [4.69, 9.17) is 4.98 Å². The summed E-state index contributed by atoms with van der Waals surface area (Å²) in [6, 6.07) is 18.3. The van der Waals surface area contributed by atoms with Crippen molar-refractivity contribution in [1.29, 1.82) is 0 Å². The number of aryl methyl sites for hydroxylation is 1. The summed E-state index contributed by atoms with van der Waals surface area (Å²) in [7, 11) is 0. The van der Waals surface area contributed by atoms with E-state index in [1.807, 2.05) is 53.7 Å². The molecule has 4 rings (SSSR count). The van der Waals surface area contributed by atoms with E-state index in [0.717, 1.165) is 48.4 Å². The summed E-state index contributed by atoms with van der Waals surface area (Å²) in [4.78, 5) is 24.1. The molecule has 3 aromatic rings. The summed E-state index contributed by atoms with van der Waals surface area (Å²) < 4.78 is 0. The summed E-state index contributed by atoms with van der Waals surface area (Å²) in [6.07, 6.45) is 6.18. The Labute approximate surface area is 166 Å². The minimum atomic E-state index is 0.193. The molecule has 1 fully saturated rings. The van der Waals surface area contributed by atoms with Crippen LogP contribution in [0.2, 0.25) is 0 Å². The van der Waals surface area contributed by atoms with Gasteiger partial charge in [0.25, 0.3) is 0 Å². The predicted octanol–water partition coefficient (Wildman–Crippen LogP) is 4.40. The first-order valence-corrected chi connectivity index (χ1v) is 9.90. The third kappa shape index (κ3) is 4.28. The molecule has 1 saturated heterocycles. The lowest BCUT2D eigenvalue weighted by molar-refractivity contribution is -0.131. The molecule has 28 heavy (non-hydrogen) atoms. The largest absolute Gasteiger partial charge is 0.342 e. The van der Waals surface area contributed by atoms with E-state index in [1.54, 1.807) is 0 Å². The van der Waals surface area contributed by atoms with Crippen LogP contribution in [0.1, 0.15) is 35.6 Å². The fraction of sp³-hybridized carbons (Fsp3) is 0.292. The van der Waals surface area contributed by atoms with Crippen LogP contribution in [-0.4, -0.2) is 33.9 Å². The SMILES string of the molecule is Cc1cccc(-c2cncc([C@@H]3CCCN(C(=O)Cc4ccccc4)C3)n2)c1. The van der Waals surface area contributed by atoms with Crippen LogP contribution in [0, 0.1) is 6.92 Å². The van der Waals surface area contributed by atoms with Gasteiger partial charge in [0.05, 0.1) is 24.0 Å². The topological polar surface area (TPSA) is 46.1 Å². The molecule has 4 heteroatoms. The molecule has 2 heterocycles. The Balaban J connectivity index is 1.49. The normalized spacial score (nSPS) is 16.8. The van der Waals surface area contributed by atoms with Gasteiger partial charge in [-0.25, -0.2) is 4.98 Å². The number of piperidine rings is 1. The molecular formula is C24H25N3O. The van der Waals surface area contributed by atoms with Crippen LogP contribution in [0.3, 0.4) is 0 Å². The zero-order valence-corrected chi connectivity index (χ0v) is 16.2. The smallest absolute Gasteiger partial charge is 0.227 e. The average molecular weight is 371 g/mol. The van der Waals surface area contributed by atoms with Crippen LogP contribution in [0.4, 0.5) is 0 Å². The van der Waals surface area contributed by atoms with E-state index in [2.05, 4.69) is 30.1 Å². The average Bonchev–Trinajstić information content (AvgIpc) is 2.75. The van der Waals surface area contributed by atoms with E-state index in [1.165, 1.54) is 5.56 Å². The number of hydrogen-bond donors (Lipinski definition) is 0. The van der Waals surface area contributed by atoms with Crippen LogP contribution < -0.4 is 0 Å². The van der Waals surface area contributed by atoms with Crippen LogP contribution >= 0.6 is 0 Å². The van der Waals surface area contributed by atoms with Crippen molar-refractivity contribution in [2.75, 3.05) is 13.1 Å². The number of benzene rings is 2. The molecular weight excluding hydrogens is 346 g/mol. The fourth-order valence-corrected chi connectivity index (χ4v) is 3.85. The monoisotopic (exact) mass is 371 g/mol. The number of carbonyl (C=O) groups is 1. The molecule has 1 aliphatic rings. The Morgan fingerprint density at radius 3 is 2.79 bits per heavy atom. The van der Waals surface area contributed by atoms with Crippen molar-refractivity contribution in [3.05, 3.63) is 83.8 Å². The second kappa shape index (κ2) is 8.34. The molecule has 1 amide bonds. The summed E-state index contributed by atoms with van der Waals surface area (Å²) in [6.45, 7) is 3.63. The standard InChI is InChI=1S/C24H25N3O/c1-18-7-5-10-20(13-18)22-15-25-16-23(26-22)21-11-6-12-27(17-21)24(28)14-19-8-3-2-4-9-19/h2-5,7-10,13,15-16,21H,6,11-12,14,17H2,1H3/t21-/m1/s1. The Bertz CT molecular complexity index is 955. The number of aromatic nitrogens is 2. The second-order valence-corrected chi connectivity index (χ2v) is 7.54. The Kier molecular flexibility index (Phi) is 5.47. The molecule has 1 aliphatic heterocycles. The van der Waals surface area contributed by atoms with E-state index in [9.17, 15) is 4.79 Å². The molecule has 1 aromatic heterocycles. The van der Waals surface area contributed by atoms with Gasteiger partial charge in [0.2, 0.25) is 5.91 Å². The highest BCUT2D eigenvalue weighted by molar-refractivity contribution is 5.79. The van der Waals surface area contributed by atoms with Crippen molar-refractivity contribution in [1.82, 2.24) is 14.9 Å². The van der Waals surface area contributed by atoms with Gasteiger partial charge in [0.15, 0.2) is 0 Å². The maximum atomic E-state index is 12.8. The zero-order chi connectivity index (χ0) is 19.3. The lowest BCUT2D eigenvalue weighted by Crippen LogP contribution is -2.40. The first-order chi connectivity index (χ1) is 13.7. The fourth-order valence-electron chi connectivity index (χ4n) is 3.85. The molecule has 142 valence electrons. The van der Waals surface area contributed by atoms with Gasteiger partial charge < -0.3 is 4.90 Å². The summed E-state index contributed by atoms with van der Waals surface area (Å²) in [5.74, 6) is 0.435.